The van der Waals surface area contributed by atoms with Crippen molar-refractivity contribution in [2.45, 2.75) is 38.8 Å². The summed E-state index contributed by atoms with van der Waals surface area (Å²) < 4.78 is 16.7. The van der Waals surface area contributed by atoms with E-state index in [1.54, 1.807) is 53.1 Å². The number of esters is 2. The van der Waals surface area contributed by atoms with Crippen molar-refractivity contribution in [2.75, 3.05) is 33.9 Å². The fourth-order valence-corrected chi connectivity index (χ4v) is 5.65. The molecule has 2 amide bonds. The summed E-state index contributed by atoms with van der Waals surface area (Å²) in [5, 5.41) is 3.57. The van der Waals surface area contributed by atoms with Crippen LogP contribution in [0.4, 0.5) is 0 Å². The van der Waals surface area contributed by atoms with Gasteiger partial charge in [0.1, 0.15) is 18.1 Å². The Kier molecular flexibility index (Phi) is 10.2. The zero-order chi connectivity index (χ0) is 32.8. The lowest BCUT2D eigenvalue weighted by Crippen LogP contribution is -2.33. The zero-order valence-electron chi connectivity index (χ0n) is 25.9. The number of aromatic nitrogens is 2. The number of ether oxygens (including phenoxy) is 3. The van der Waals surface area contributed by atoms with Gasteiger partial charge < -0.3 is 29.0 Å². The Hall–Kier alpha value is -4.90. The first-order valence-corrected chi connectivity index (χ1v) is 15.3. The van der Waals surface area contributed by atoms with Crippen LogP contribution in [0.15, 0.2) is 60.7 Å². The molecule has 1 fully saturated rings. The second-order valence-corrected chi connectivity index (χ2v) is 11.5. The molecule has 0 aliphatic carbocycles. The van der Waals surface area contributed by atoms with Crippen LogP contribution in [-0.4, -0.2) is 72.1 Å². The highest BCUT2D eigenvalue weighted by atomic mass is 35.5. The third-order valence-electron chi connectivity index (χ3n) is 7.93. The minimum absolute atomic E-state index is 0.0333. The Morgan fingerprint density at radius 3 is 2.33 bits per heavy atom. The Morgan fingerprint density at radius 1 is 0.935 bits per heavy atom. The second-order valence-electron chi connectivity index (χ2n) is 11.0. The van der Waals surface area contributed by atoms with E-state index in [1.165, 1.54) is 14.2 Å². The number of aryl methyl sites for hydroxylation is 1. The van der Waals surface area contributed by atoms with E-state index in [0.717, 1.165) is 31.5 Å². The van der Waals surface area contributed by atoms with Crippen LogP contribution < -0.4 is 10.1 Å². The van der Waals surface area contributed by atoms with Crippen LogP contribution in [0, 0.1) is 6.92 Å². The van der Waals surface area contributed by atoms with Gasteiger partial charge >= 0.3 is 11.9 Å². The Labute approximate surface area is 271 Å². The fourth-order valence-electron chi connectivity index (χ4n) is 5.48. The number of fused-ring (bicyclic) bond motifs is 1. The van der Waals surface area contributed by atoms with Crippen LogP contribution in [-0.2, 0) is 32.0 Å². The van der Waals surface area contributed by atoms with Gasteiger partial charge in [0.2, 0.25) is 0 Å². The van der Waals surface area contributed by atoms with E-state index in [1.807, 2.05) is 24.0 Å². The van der Waals surface area contributed by atoms with Crippen molar-refractivity contribution in [1.82, 2.24) is 19.8 Å². The lowest BCUT2D eigenvalue weighted by Gasteiger charge is -2.21. The quantitative estimate of drug-likeness (QED) is 0.233. The number of amides is 2. The van der Waals surface area contributed by atoms with E-state index in [4.69, 9.17) is 26.1 Å². The molecule has 5 rings (SSSR count). The summed E-state index contributed by atoms with van der Waals surface area (Å²) in [6.07, 6.45) is 2.28. The first-order chi connectivity index (χ1) is 22.2. The average Bonchev–Trinajstić information content (AvgIpc) is 3.72. The van der Waals surface area contributed by atoms with Gasteiger partial charge in [0.05, 0.1) is 31.3 Å². The molecular weight excluding hydrogens is 612 g/mol. The van der Waals surface area contributed by atoms with Gasteiger partial charge in [-0.05, 0) is 85.8 Å². The van der Waals surface area contributed by atoms with Gasteiger partial charge in [-0.25, -0.2) is 9.78 Å². The largest absolute Gasteiger partial charge is 0.482 e. The second kappa shape index (κ2) is 14.5. The number of methoxy groups -OCH3 is 2. The molecular formula is C34H35ClN4O7. The molecule has 2 heterocycles. The van der Waals surface area contributed by atoms with Crippen molar-refractivity contribution in [2.24, 2.45) is 0 Å². The van der Waals surface area contributed by atoms with Crippen LogP contribution in [0.3, 0.4) is 0 Å². The number of rotatable bonds is 11. The Morgan fingerprint density at radius 2 is 1.65 bits per heavy atom. The van der Waals surface area contributed by atoms with Crippen LogP contribution in [0.1, 0.15) is 56.6 Å². The van der Waals surface area contributed by atoms with E-state index < -0.39 is 18.0 Å². The van der Waals surface area contributed by atoms with E-state index >= 15 is 0 Å². The van der Waals surface area contributed by atoms with Crippen molar-refractivity contribution in [3.8, 4) is 5.75 Å². The molecule has 11 nitrogen and oxygen atoms in total. The predicted molar refractivity (Wildman–Crippen MR) is 171 cm³/mol. The van der Waals surface area contributed by atoms with Crippen molar-refractivity contribution in [3.05, 3.63) is 93.8 Å². The molecule has 4 aromatic rings. The normalized spacial score (nSPS) is 13.3. The first-order valence-electron chi connectivity index (χ1n) is 14.9. The third-order valence-corrected chi connectivity index (χ3v) is 8.17. The monoisotopic (exact) mass is 646 g/mol. The lowest BCUT2D eigenvalue weighted by atomic mass is 10.0. The summed E-state index contributed by atoms with van der Waals surface area (Å²) in [6, 6.07) is 16.6. The maximum atomic E-state index is 13.8. The maximum absolute atomic E-state index is 13.8. The summed E-state index contributed by atoms with van der Waals surface area (Å²) in [6.45, 7) is 2.91. The summed E-state index contributed by atoms with van der Waals surface area (Å²) in [5.74, 6) is -0.497. The number of benzene rings is 3. The molecule has 1 aliphatic rings. The minimum atomic E-state index is -0.698. The number of imidazole rings is 1. The molecule has 0 spiro atoms. The van der Waals surface area contributed by atoms with Gasteiger partial charge in [0.15, 0.2) is 6.61 Å². The molecule has 0 radical (unpaired) electrons. The molecule has 46 heavy (non-hydrogen) atoms. The number of nitrogens with one attached hydrogen (secondary N) is 1. The number of halogens is 1. The van der Waals surface area contributed by atoms with Gasteiger partial charge in [0, 0.05) is 29.2 Å². The van der Waals surface area contributed by atoms with Gasteiger partial charge in [-0.3, -0.25) is 14.4 Å². The molecule has 1 saturated heterocycles. The van der Waals surface area contributed by atoms with Crippen LogP contribution in [0.25, 0.3) is 11.0 Å². The highest BCUT2D eigenvalue weighted by Gasteiger charge is 2.26. The van der Waals surface area contributed by atoms with Crippen molar-refractivity contribution >= 4 is 46.4 Å². The number of nitrogens with zero attached hydrogens (tertiary/aromatic N) is 3. The number of hydrogen-bond donors (Lipinski definition) is 1. The standard InChI is InChI=1S/C34H35ClN4O7/c1-21-16-23(8-12-26(21)34(43)38-14-4-5-15-38)33(42)37-28(17-22-6-10-25(11-7-22)46-20-31(41)45-3)32-36-27-13-9-24(35)18-29(27)39(32)19-30(40)44-2/h6-13,16,18,28H,4-5,14-15,17,19-20H2,1-3H3,(H,37,42). The van der Waals surface area contributed by atoms with Gasteiger partial charge in [0.25, 0.3) is 11.8 Å². The predicted octanol–water partition coefficient (Wildman–Crippen LogP) is 4.67. The number of carbonyl (C=O) groups is 4. The smallest absolute Gasteiger partial charge is 0.343 e. The molecule has 12 heteroatoms. The molecule has 1 aliphatic heterocycles. The topological polar surface area (TPSA) is 129 Å². The summed E-state index contributed by atoms with van der Waals surface area (Å²) in [7, 11) is 2.59. The summed E-state index contributed by atoms with van der Waals surface area (Å²) in [5.41, 5.74) is 3.69. The van der Waals surface area contributed by atoms with E-state index in [9.17, 15) is 19.2 Å². The molecule has 1 aromatic heterocycles. The molecule has 1 N–H and O–H groups in total. The highest BCUT2D eigenvalue weighted by molar-refractivity contribution is 6.31. The molecule has 240 valence electrons. The highest BCUT2D eigenvalue weighted by Crippen LogP contribution is 2.28. The summed E-state index contributed by atoms with van der Waals surface area (Å²) in [4.78, 5) is 57.4. The number of carbonyl (C=O) groups excluding carboxylic acids is 4. The van der Waals surface area contributed by atoms with E-state index in [-0.39, 0.29) is 25.0 Å². The third kappa shape index (κ3) is 7.48. The minimum Gasteiger partial charge on any atom is -0.482 e. The van der Waals surface area contributed by atoms with Gasteiger partial charge in [-0.15, -0.1) is 0 Å². The van der Waals surface area contributed by atoms with Crippen LogP contribution >= 0.6 is 11.6 Å². The molecule has 0 bridgehead atoms. The van der Waals surface area contributed by atoms with E-state index in [0.29, 0.717) is 50.7 Å². The summed E-state index contributed by atoms with van der Waals surface area (Å²) >= 11 is 6.31. The SMILES string of the molecule is COC(=O)COc1ccc(CC(NC(=O)c2ccc(C(=O)N3CCCC3)c(C)c2)c2nc3ccc(Cl)cc3n2CC(=O)OC)cc1. The van der Waals surface area contributed by atoms with Crippen LogP contribution in [0.5, 0.6) is 5.75 Å². The lowest BCUT2D eigenvalue weighted by molar-refractivity contribution is -0.143. The Balaban J connectivity index is 1.47. The van der Waals surface area contributed by atoms with E-state index in [2.05, 4.69) is 10.1 Å². The number of likely N-dealkylation sites (tertiary alicyclic amines) is 1. The average molecular weight is 647 g/mol. The maximum Gasteiger partial charge on any atom is 0.343 e. The first kappa shape index (κ1) is 32.5. The van der Waals surface area contributed by atoms with Crippen molar-refractivity contribution in [3.63, 3.8) is 0 Å². The van der Waals surface area contributed by atoms with Gasteiger partial charge in [-0.2, -0.15) is 0 Å². The van der Waals surface area contributed by atoms with Crippen molar-refractivity contribution in [1.29, 1.82) is 0 Å². The van der Waals surface area contributed by atoms with Gasteiger partial charge in [-0.1, -0.05) is 23.7 Å². The fraction of sp³-hybridized carbons (Fsp3) is 0.324. The Bertz CT molecular complexity index is 1760. The van der Waals surface area contributed by atoms with Crippen LogP contribution in [0.2, 0.25) is 5.02 Å². The number of hydrogen-bond acceptors (Lipinski definition) is 8. The van der Waals surface area contributed by atoms with Crippen molar-refractivity contribution < 1.29 is 33.4 Å². The zero-order valence-corrected chi connectivity index (χ0v) is 26.6. The molecule has 1 atom stereocenters. The molecule has 3 aromatic carbocycles. The molecule has 0 saturated carbocycles. The molecule has 1 unspecified atom stereocenters.